The number of hydrogen-bond acceptors (Lipinski definition) is 3. The second kappa shape index (κ2) is 5.94. The van der Waals surface area contributed by atoms with Crippen molar-refractivity contribution in [2.75, 3.05) is 6.61 Å². The van der Waals surface area contributed by atoms with Crippen molar-refractivity contribution < 1.29 is 19.4 Å². The fourth-order valence-electron chi connectivity index (χ4n) is 2.26. The van der Waals surface area contributed by atoms with Crippen LogP contribution in [0.15, 0.2) is 18.2 Å². The van der Waals surface area contributed by atoms with Crippen molar-refractivity contribution in [2.24, 2.45) is 5.92 Å². The third-order valence-electron chi connectivity index (χ3n) is 3.26. The molecule has 2 rings (SSSR count). The van der Waals surface area contributed by atoms with Gasteiger partial charge in [0.05, 0.1) is 6.61 Å². The molecule has 5 heteroatoms. The van der Waals surface area contributed by atoms with E-state index in [4.69, 9.17) is 9.84 Å². The van der Waals surface area contributed by atoms with Crippen LogP contribution in [-0.4, -0.2) is 29.6 Å². The van der Waals surface area contributed by atoms with E-state index in [-0.39, 0.29) is 11.8 Å². The van der Waals surface area contributed by atoms with Crippen LogP contribution in [0.25, 0.3) is 0 Å². The van der Waals surface area contributed by atoms with E-state index >= 15 is 0 Å². The predicted octanol–water partition coefficient (Wildman–Crippen LogP) is 1.85. The van der Waals surface area contributed by atoms with Gasteiger partial charge < -0.3 is 15.2 Å². The lowest BCUT2D eigenvalue weighted by Crippen LogP contribution is -2.41. The molecule has 0 aliphatic carbocycles. The average molecular weight is 277 g/mol. The maximum atomic E-state index is 12.1. The number of rotatable bonds is 5. The van der Waals surface area contributed by atoms with E-state index in [9.17, 15) is 9.59 Å². The Bertz CT molecular complexity index is 525. The van der Waals surface area contributed by atoms with Gasteiger partial charge >= 0.3 is 5.97 Å². The predicted molar refractivity (Wildman–Crippen MR) is 74.0 cm³/mol. The SMILES string of the molecule is CC(C)C[C@@H](NC(=O)c1ccc2c(c1)CCO2)C(=O)O. The standard InChI is InChI=1S/C15H19NO4/c1-9(2)7-12(15(18)19)16-14(17)11-3-4-13-10(8-11)5-6-20-13/h3-4,8-9,12H,5-7H2,1-2H3,(H,16,17)(H,18,19)/t12-/m1/s1. The molecule has 20 heavy (non-hydrogen) atoms. The van der Waals surface area contributed by atoms with Gasteiger partial charge in [-0.25, -0.2) is 4.79 Å². The van der Waals surface area contributed by atoms with Gasteiger partial charge in [-0.05, 0) is 36.1 Å². The lowest BCUT2D eigenvalue weighted by Gasteiger charge is -2.16. The fourth-order valence-corrected chi connectivity index (χ4v) is 2.26. The quantitative estimate of drug-likeness (QED) is 0.861. The molecule has 0 spiro atoms. The van der Waals surface area contributed by atoms with Crippen molar-refractivity contribution in [3.05, 3.63) is 29.3 Å². The molecule has 0 saturated carbocycles. The summed E-state index contributed by atoms with van der Waals surface area (Å²) in [6, 6.07) is 4.34. The van der Waals surface area contributed by atoms with E-state index in [1.807, 2.05) is 13.8 Å². The number of carbonyl (C=O) groups is 2. The number of benzene rings is 1. The Kier molecular flexibility index (Phi) is 4.27. The molecule has 2 N–H and O–H groups in total. The Morgan fingerprint density at radius 2 is 2.15 bits per heavy atom. The molecular formula is C15H19NO4. The Morgan fingerprint density at radius 3 is 2.80 bits per heavy atom. The van der Waals surface area contributed by atoms with E-state index in [0.717, 1.165) is 17.7 Å². The highest BCUT2D eigenvalue weighted by Gasteiger charge is 2.22. The molecule has 1 aliphatic heterocycles. The third-order valence-corrected chi connectivity index (χ3v) is 3.26. The number of carboxylic acid groups (broad SMARTS) is 1. The summed E-state index contributed by atoms with van der Waals surface area (Å²) in [7, 11) is 0. The van der Waals surface area contributed by atoms with Gasteiger partial charge in [-0.15, -0.1) is 0 Å². The summed E-state index contributed by atoms with van der Waals surface area (Å²) in [5.41, 5.74) is 1.47. The molecule has 1 heterocycles. The molecule has 1 atom stereocenters. The van der Waals surface area contributed by atoms with Crippen LogP contribution in [0, 0.1) is 5.92 Å². The van der Waals surface area contributed by atoms with Crippen LogP contribution in [0.1, 0.15) is 36.2 Å². The van der Waals surface area contributed by atoms with Crippen molar-refractivity contribution in [1.82, 2.24) is 5.32 Å². The lowest BCUT2D eigenvalue weighted by atomic mass is 10.0. The van der Waals surface area contributed by atoms with Crippen LogP contribution < -0.4 is 10.1 Å². The Labute approximate surface area is 117 Å². The minimum Gasteiger partial charge on any atom is -0.493 e. The van der Waals surface area contributed by atoms with Crippen LogP contribution >= 0.6 is 0 Å². The first-order valence-electron chi connectivity index (χ1n) is 6.76. The van der Waals surface area contributed by atoms with Gasteiger partial charge in [-0.3, -0.25) is 4.79 Å². The summed E-state index contributed by atoms with van der Waals surface area (Å²) < 4.78 is 5.38. The van der Waals surface area contributed by atoms with Crippen molar-refractivity contribution in [3.63, 3.8) is 0 Å². The molecule has 0 saturated heterocycles. The molecular weight excluding hydrogens is 258 g/mol. The Hall–Kier alpha value is -2.04. The smallest absolute Gasteiger partial charge is 0.326 e. The van der Waals surface area contributed by atoms with Crippen molar-refractivity contribution in [2.45, 2.75) is 32.7 Å². The van der Waals surface area contributed by atoms with Crippen molar-refractivity contribution in [1.29, 1.82) is 0 Å². The molecule has 0 radical (unpaired) electrons. The number of ether oxygens (including phenoxy) is 1. The highest BCUT2D eigenvalue weighted by Crippen LogP contribution is 2.25. The first kappa shape index (κ1) is 14.4. The van der Waals surface area contributed by atoms with Gasteiger partial charge in [-0.1, -0.05) is 13.8 Å². The molecule has 0 fully saturated rings. The Balaban J connectivity index is 2.08. The average Bonchev–Trinajstić information content (AvgIpc) is 2.84. The maximum absolute atomic E-state index is 12.1. The minimum absolute atomic E-state index is 0.199. The minimum atomic E-state index is -1.00. The van der Waals surface area contributed by atoms with E-state index in [1.165, 1.54) is 0 Å². The fraction of sp³-hybridized carbons (Fsp3) is 0.467. The molecule has 0 bridgehead atoms. The van der Waals surface area contributed by atoms with Crippen molar-refractivity contribution in [3.8, 4) is 5.75 Å². The number of fused-ring (bicyclic) bond motifs is 1. The zero-order chi connectivity index (χ0) is 14.7. The molecule has 1 aliphatic rings. The van der Waals surface area contributed by atoms with Crippen LogP contribution in [0.3, 0.4) is 0 Å². The second-order valence-corrected chi connectivity index (χ2v) is 5.41. The van der Waals surface area contributed by atoms with Crippen LogP contribution in [0.4, 0.5) is 0 Å². The summed E-state index contributed by atoms with van der Waals surface area (Å²) >= 11 is 0. The topological polar surface area (TPSA) is 75.6 Å². The summed E-state index contributed by atoms with van der Waals surface area (Å²) in [6.45, 7) is 4.48. The molecule has 1 aromatic carbocycles. The number of nitrogens with one attached hydrogen (secondary N) is 1. The van der Waals surface area contributed by atoms with Gasteiger partial charge in [0.2, 0.25) is 0 Å². The molecule has 5 nitrogen and oxygen atoms in total. The maximum Gasteiger partial charge on any atom is 0.326 e. The lowest BCUT2D eigenvalue weighted by molar-refractivity contribution is -0.139. The summed E-state index contributed by atoms with van der Waals surface area (Å²) in [4.78, 5) is 23.3. The Morgan fingerprint density at radius 1 is 1.40 bits per heavy atom. The first-order chi connectivity index (χ1) is 9.47. The van der Waals surface area contributed by atoms with E-state index in [0.29, 0.717) is 18.6 Å². The molecule has 1 amide bonds. The van der Waals surface area contributed by atoms with Crippen LogP contribution in [-0.2, 0) is 11.2 Å². The van der Waals surface area contributed by atoms with Crippen molar-refractivity contribution >= 4 is 11.9 Å². The highest BCUT2D eigenvalue weighted by atomic mass is 16.5. The first-order valence-corrected chi connectivity index (χ1v) is 6.76. The molecule has 108 valence electrons. The normalized spacial score (nSPS) is 14.6. The number of hydrogen-bond donors (Lipinski definition) is 2. The van der Waals surface area contributed by atoms with Crippen LogP contribution in [0.5, 0.6) is 5.75 Å². The largest absolute Gasteiger partial charge is 0.493 e. The zero-order valence-corrected chi connectivity index (χ0v) is 11.7. The second-order valence-electron chi connectivity index (χ2n) is 5.41. The number of carboxylic acids is 1. The summed E-state index contributed by atoms with van der Waals surface area (Å²) in [5.74, 6) is -0.354. The summed E-state index contributed by atoms with van der Waals surface area (Å²) in [5, 5.41) is 11.7. The molecule has 0 aromatic heterocycles. The number of carbonyl (C=O) groups excluding carboxylic acids is 1. The number of aliphatic carboxylic acids is 1. The zero-order valence-electron chi connectivity index (χ0n) is 11.7. The van der Waals surface area contributed by atoms with Gasteiger partial charge in [0.1, 0.15) is 11.8 Å². The number of amides is 1. The van der Waals surface area contributed by atoms with Gasteiger partial charge in [-0.2, -0.15) is 0 Å². The van der Waals surface area contributed by atoms with Gasteiger partial charge in [0.25, 0.3) is 5.91 Å². The highest BCUT2D eigenvalue weighted by molar-refractivity contribution is 5.97. The molecule has 1 aromatic rings. The van der Waals surface area contributed by atoms with Gasteiger partial charge in [0.15, 0.2) is 0 Å². The van der Waals surface area contributed by atoms with E-state index in [2.05, 4.69) is 5.32 Å². The van der Waals surface area contributed by atoms with E-state index in [1.54, 1.807) is 18.2 Å². The van der Waals surface area contributed by atoms with E-state index < -0.39 is 12.0 Å². The monoisotopic (exact) mass is 277 g/mol. The molecule has 0 unspecified atom stereocenters. The van der Waals surface area contributed by atoms with Crippen LogP contribution in [0.2, 0.25) is 0 Å². The third kappa shape index (κ3) is 3.29. The van der Waals surface area contributed by atoms with Gasteiger partial charge in [0, 0.05) is 12.0 Å². The summed E-state index contributed by atoms with van der Waals surface area (Å²) in [6.07, 6.45) is 1.19.